The van der Waals surface area contributed by atoms with Crippen LogP contribution in [0.1, 0.15) is 31.4 Å². The first kappa shape index (κ1) is 22.3. The van der Waals surface area contributed by atoms with E-state index in [2.05, 4.69) is 10.7 Å². The van der Waals surface area contributed by atoms with Crippen molar-refractivity contribution in [2.45, 2.75) is 32.4 Å². The normalized spacial score (nSPS) is 19.1. The third kappa shape index (κ3) is 4.86. The molecule has 3 N–H and O–H groups in total. The predicted molar refractivity (Wildman–Crippen MR) is 115 cm³/mol. The lowest BCUT2D eigenvalue weighted by Crippen LogP contribution is -3.09. The number of urea groups is 1. The van der Waals surface area contributed by atoms with Gasteiger partial charge in [0.25, 0.3) is 11.8 Å². The fraction of sp³-hybridized carbons (Fsp3) is 0.348. The van der Waals surface area contributed by atoms with E-state index in [0.717, 1.165) is 21.2 Å². The highest BCUT2D eigenvalue weighted by molar-refractivity contribution is 6.08. The lowest BCUT2D eigenvalue weighted by molar-refractivity contribution is -0.885. The van der Waals surface area contributed by atoms with Crippen LogP contribution in [0.3, 0.4) is 0 Å². The first-order valence-corrected chi connectivity index (χ1v) is 10.4. The third-order valence-electron chi connectivity index (χ3n) is 5.33. The topological polar surface area (TPSA) is 92.2 Å². The van der Waals surface area contributed by atoms with Crippen molar-refractivity contribution in [3.63, 3.8) is 0 Å². The van der Waals surface area contributed by atoms with E-state index in [1.807, 2.05) is 63.4 Å². The molecule has 0 saturated carbocycles. The second kappa shape index (κ2) is 9.61. The largest absolute Gasteiger partial charge is 0.494 e. The Balaban J connectivity index is 1.61. The SMILES string of the molecule is CCOc1ccc(C[NH+](C)CC(=O)NN2C(=O)N[C@](CC)(c3ccccc3)C2=O)cc1. The number of hydrogen-bond acceptors (Lipinski definition) is 4. The zero-order valence-electron chi connectivity index (χ0n) is 18.1. The van der Waals surface area contributed by atoms with Crippen LogP contribution in [0.2, 0.25) is 0 Å². The molecule has 2 aromatic carbocycles. The van der Waals surface area contributed by atoms with Crippen molar-refractivity contribution in [1.82, 2.24) is 15.8 Å². The minimum atomic E-state index is -1.17. The number of carbonyl (C=O) groups excluding carboxylic acids is 3. The Kier molecular flexibility index (Phi) is 6.91. The van der Waals surface area contributed by atoms with Gasteiger partial charge < -0.3 is 15.0 Å². The molecule has 1 aliphatic heterocycles. The molecular formula is C23H29N4O4+. The number of benzene rings is 2. The molecule has 3 rings (SSSR count). The van der Waals surface area contributed by atoms with Crippen LogP contribution < -0.4 is 20.4 Å². The maximum absolute atomic E-state index is 13.1. The average Bonchev–Trinajstić information content (AvgIpc) is 3.01. The molecule has 8 nitrogen and oxygen atoms in total. The lowest BCUT2D eigenvalue weighted by atomic mass is 9.87. The lowest BCUT2D eigenvalue weighted by Gasteiger charge is -2.25. The summed E-state index contributed by atoms with van der Waals surface area (Å²) in [6.45, 7) is 5.08. The van der Waals surface area contributed by atoms with Crippen LogP contribution in [0.5, 0.6) is 5.75 Å². The summed E-state index contributed by atoms with van der Waals surface area (Å²) in [5.74, 6) is -0.0892. The second-order valence-electron chi connectivity index (χ2n) is 7.62. The van der Waals surface area contributed by atoms with Crippen molar-refractivity contribution in [1.29, 1.82) is 0 Å². The van der Waals surface area contributed by atoms with Gasteiger partial charge in [-0.05, 0) is 43.2 Å². The Labute approximate surface area is 182 Å². The van der Waals surface area contributed by atoms with E-state index in [1.54, 1.807) is 12.1 Å². The summed E-state index contributed by atoms with van der Waals surface area (Å²) in [5, 5.41) is 3.55. The molecule has 2 atom stereocenters. The Morgan fingerprint density at radius 1 is 1.10 bits per heavy atom. The zero-order chi connectivity index (χ0) is 22.4. The van der Waals surface area contributed by atoms with Gasteiger partial charge in [-0.1, -0.05) is 37.3 Å². The quantitative estimate of drug-likeness (QED) is 0.523. The Morgan fingerprint density at radius 2 is 1.77 bits per heavy atom. The number of nitrogens with zero attached hydrogens (tertiary/aromatic N) is 1. The summed E-state index contributed by atoms with van der Waals surface area (Å²) in [5.41, 5.74) is 3.04. The summed E-state index contributed by atoms with van der Waals surface area (Å²) in [6, 6.07) is 16.1. The molecule has 1 aliphatic rings. The maximum atomic E-state index is 13.1. The first-order chi connectivity index (χ1) is 14.9. The van der Waals surface area contributed by atoms with Crippen LogP contribution in [0.15, 0.2) is 54.6 Å². The van der Waals surface area contributed by atoms with Crippen LogP contribution in [0, 0.1) is 0 Å². The fourth-order valence-corrected chi connectivity index (χ4v) is 3.76. The minimum Gasteiger partial charge on any atom is -0.494 e. The van der Waals surface area contributed by atoms with E-state index in [-0.39, 0.29) is 6.54 Å². The van der Waals surface area contributed by atoms with Gasteiger partial charge in [-0.15, -0.1) is 0 Å². The summed E-state index contributed by atoms with van der Waals surface area (Å²) in [4.78, 5) is 39.0. The molecule has 0 aromatic heterocycles. The molecule has 164 valence electrons. The molecule has 1 heterocycles. The standard InChI is InChI=1S/C23H28N4O4/c1-4-23(18-9-7-6-8-10-18)21(29)27(22(30)24-23)25-20(28)16-26(3)15-17-11-13-19(14-12-17)31-5-2/h6-14H,4-5,15-16H2,1-3H3,(H,24,30)(H,25,28)/p+1/t23-/m1/s1. The van der Waals surface area contributed by atoms with E-state index in [4.69, 9.17) is 4.74 Å². The zero-order valence-corrected chi connectivity index (χ0v) is 18.1. The van der Waals surface area contributed by atoms with Crippen molar-refractivity contribution in [3.8, 4) is 5.75 Å². The van der Waals surface area contributed by atoms with E-state index in [0.29, 0.717) is 25.1 Å². The second-order valence-corrected chi connectivity index (χ2v) is 7.62. The van der Waals surface area contributed by atoms with E-state index in [1.165, 1.54) is 0 Å². The van der Waals surface area contributed by atoms with Crippen LogP contribution in [-0.4, -0.2) is 43.1 Å². The smallest absolute Gasteiger partial charge is 0.344 e. The number of quaternary nitrogens is 1. The van der Waals surface area contributed by atoms with Crippen molar-refractivity contribution >= 4 is 17.8 Å². The van der Waals surface area contributed by atoms with Gasteiger partial charge in [-0.3, -0.25) is 15.0 Å². The third-order valence-corrected chi connectivity index (χ3v) is 5.33. The maximum Gasteiger partial charge on any atom is 0.344 e. The number of amides is 4. The van der Waals surface area contributed by atoms with Gasteiger partial charge in [0, 0.05) is 5.56 Å². The van der Waals surface area contributed by atoms with Crippen molar-refractivity contribution in [2.75, 3.05) is 20.2 Å². The van der Waals surface area contributed by atoms with Crippen LogP contribution in [0.25, 0.3) is 0 Å². The molecule has 0 bridgehead atoms. The number of rotatable bonds is 9. The summed E-state index contributed by atoms with van der Waals surface area (Å²) < 4.78 is 5.44. The monoisotopic (exact) mass is 425 g/mol. The van der Waals surface area contributed by atoms with E-state index < -0.39 is 23.4 Å². The molecule has 1 saturated heterocycles. The molecule has 0 aliphatic carbocycles. The highest BCUT2D eigenvalue weighted by Gasteiger charge is 2.52. The molecular weight excluding hydrogens is 396 g/mol. The molecule has 2 aromatic rings. The molecule has 1 fully saturated rings. The average molecular weight is 426 g/mol. The Bertz CT molecular complexity index is 932. The first-order valence-electron chi connectivity index (χ1n) is 10.4. The summed E-state index contributed by atoms with van der Waals surface area (Å²) in [7, 11) is 1.88. The van der Waals surface area contributed by atoms with Gasteiger partial charge in [-0.2, -0.15) is 5.01 Å². The van der Waals surface area contributed by atoms with Crippen LogP contribution in [-0.2, 0) is 21.7 Å². The van der Waals surface area contributed by atoms with Crippen molar-refractivity contribution < 1.29 is 24.0 Å². The molecule has 0 radical (unpaired) electrons. The highest BCUT2D eigenvalue weighted by atomic mass is 16.5. The number of ether oxygens (including phenoxy) is 1. The van der Waals surface area contributed by atoms with Gasteiger partial charge in [-0.25, -0.2) is 4.79 Å². The number of likely N-dealkylation sites (N-methyl/N-ethyl adjacent to an activating group) is 1. The molecule has 0 spiro atoms. The number of imide groups is 1. The van der Waals surface area contributed by atoms with Crippen LogP contribution >= 0.6 is 0 Å². The number of hydrogen-bond donors (Lipinski definition) is 3. The molecule has 31 heavy (non-hydrogen) atoms. The van der Waals surface area contributed by atoms with Crippen molar-refractivity contribution in [2.24, 2.45) is 0 Å². The highest BCUT2D eigenvalue weighted by Crippen LogP contribution is 2.31. The Morgan fingerprint density at radius 3 is 2.39 bits per heavy atom. The van der Waals surface area contributed by atoms with Gasteiger partial charge in [0.15, 0.2) is 6.54 Å². The van der Waals surface area contributed by atoms with Gasteiger partial charge in [0.1, 0.15) is 17.8 Å². The van der Waals surface area contributed by atoms with Gasteiger partial charge in [0.05, 0.1) is 13.7 Å². The van der Waals surface area contributed by atoms with E-state index in [9.17, 15) is 14.4 Å². The summed E-state index contributed by atoms with van der Waals surface area (Å²) >= 11 is 0. The Hall–Kier alpha value is -3.39. The molecule has 4 amide bonds. The van der Waals surface area contributed by atoms with Crippen LogP contribution in [0.4, 0.5) is 4.79 Å². The van der Waals surface area contributed by atoms with Gasteiger partial charge in [0.2, 0.25) is 0 Å². The fourth-order valence-electron chi connectivity index (χ4n) is 3.76. The van der Waals surface area contributed by atoms with Gasteiger partial charge >= 0.3 is 6.03 Å². The molecule has 1 unspecified atom stereocenters. The predicted octanol–water partition coefficient (Wildman–Crippen LogP) is 0.989. The number of carbonyl (C=O) groups is 3. The minimum absolute atomic E-state index is 0.106. The number of nitrogens with one attached hydrogen (secondary N) is 3. The summed E-state index contributed by atoms with van der Waals surface area (Å²) in [6.07, 6.45) is 0.372. The number of hydrazine groups is 1. The molecule has 8 heteroatoms. The van der Waals surface area contributed by atoms with E-state index >= 15 is 0 Å². The van der Waals surface area contributed by atoms with Crippen molar-refractivity contribution in [3.05, 3.63) is 65.7 Å².